The van der Waals surface area contributed by atoms with E-state index in [1.165, 1.54) is 25.7 Å². The molecule has 0 radical (unpaired) electrons. The molecule has 3 aromatic rings. The molecule has 1 heterocycles. The fourth-order valence-electron chi connectivity index (χ4n) is 2.87. The highest BCUT2D eigenvalue weighted by molar-refractivity contribution is 6.05. The molecule has 1 amide bonds. The molecule has 158 valence electrons. The fourth-order valence-corrected chi connectivity index (χ4v) is 2.87. The van der Waals surface area contributed by atoms with E-state index >= 15 is 0 Å². The number of aromatic nitrogens is 4. The summed E-state index contributed by atoms with van der Waals surface area (Å²) < 4.78 is 11.5. The van der Waals surface area contributed by atoms with Crippen LogP contribution in [-0.2, 0) is 6.61 Å². The number of benzene rings is 2. The Morgan fingerprint density at radius 3 is 2.57 bits per heavy atom. The molecular formula is C22H27N5O3. The Labute approximate surface area is 176 Å². The Morgan fingerprint density at radius 2 is 1.80 bits per heavy atom. The number of nitrogens with zero attached hydrogens (tertiary/aromatic N) is 3. The summed E-state index contributed by atoms with van der Waals surface area (Å²) in [6, 6.07) is 14.4. The maximum atomic E-state index is 12.6. The lowest BCUT2D eigenvalue weighted by Gasteiger charge is -2.12. The molecule has 8 nitrogen and oxygen atoms in total. The second-order valence-electron chi connectivity index (χ2n) is 6.87. The van der Waals surface area contributed by atoms with Crippen molar-refractivity contribution in [3.05, 3.63) is 59.9 Å². The van der Waals surface area contributed by atoms with Gasteiger partial charge in [-0.25, -0.2) is 5.10 Å². The molecule has 0 saturated carbocycles. The number of anilines is 1. The number of ether oxygens (including phenoxy) is 2. The Balaban J connectivity index is 1.51. The summed E-state index contributed by atoms with van der Waals surface area (Å²) >= 11 is 0. The summed E-state index contributed by atoms with van der Waals surface area (Å²) in [5, 5.41) is 16.3. The molecule has 2 N–H and O–H groups in total. The minimum Gasteiger partial charge on any atom is -0.494 e. The number of hydrogen-bond donors (Lipinski definition) is 2. The standard InChI is InChI=1S/C22H27N5O3/c1-2-3-4-5-8-15-29-18-13-11-17(12-14-18)22(28)23-19-9-6-7-10-20(19)30-16-21-24-26-27-25-21/h6-7,9-14H,2-5,8,15-16H2,1H3,(H,23,28)(H,24,25,26,27). The van der Waals surface area contributed by atoms with E-state index in [0.29, 0.717) is 29.4 Å². The zero-order chi connectivity index (χ0) is 21.0. The smallest absolute Gasteiger partial charge is 0.255 e. The van der Waals surface area contributed by atoms with Crippen molar-refractivity contribution >= 4 is 11.6 Å². The average molecular weight is 409 g/mol. The summed E-state index contributed by atoms with van der Waals surface area (Å²) in [6.45, 7) is 3.07. The summed E-state index contributed by atoms with van der Waals surface area (Å²) in [5.41, 5.74) is 1.11. The fraction of sp³-hybridized carbons (Fsp3) is 0.364. The van der Waals surface area contributed by atoms with Gasteiger partial charge in [-0.1, -0.05) is 44.7 Å². The van der Waals surface area contributed by atoms with Crippen LogP contribution in [0, 0.1) is 0 Å². The van der Waals surface area contributed by atoms with E-state index in [2.05, 4.69) is 32.9 Å². The van der Waals surface area contributed by atoms with Crippen molar-refractivity contribution in [1.29, 1.82) is 0 Å². The number of H-pyrrole nitrogens is 1. The van der Waals surface area contributed by atoms with Crippen molar-refractivity contribution in [1.82, 2.24) is 20.6 Å². The van der Waals surface area contributed by atoms with E-state index in [4.69, 9.17) is 9.47 Å². The van der Waals surface area contributed by atoms with Crippen LogP contribution in [0.25, 0.3) is 0 Å². The number of unbranched alkanes of at least 4 members (excludes halogenated alkanes) is 4. The molecule has 3 rings (SSSR count). The quantitative estimate of drug-likeness (QED) is 0.430. The molecule has 30 heavy (non-hydrogen) atoms. The molecule has 0 bridgehead atoms. The van der Waals surface area contributed by atoms with Gasteiger partial charge in [-0.2, -0.15) is 0 Å². The van der Waals surface area contributed by atoms with Crippen molar-refractivity contribution in [2.75, 3.05) is 11.9 Å². The van der Waals surface area contributed by atoms with E-state index < -0.39 is 0 Å². The number of carbonyl (C=O) groups is 1. The Morgan fingerprint density at radius 1 is 1.00 bits per heavy atom. The van der Waals surface area contributed by atoms with Crippen LogP contribution in [0.4, 0.5) is 5.69 Å². The maximum absolute atomic E-state index is 12.6. The van der Waals surface area contributed by atoms with E-state index in [0.717, 1.165) is 12.2 Å². The predicted octanol–water partition coefficient (Wildman–Crippen LogP) is 4.38. The van der Waals surface area contributed by atoms with Crippen LogP contribution >= 0.6 is 0 Å². The minimum atomic E-state index is -0.224. The number of nitrogens with one attached hydrogen (secondary N) is 2. The normalized spacial score (nSPS) is 10.6. The lowest BCUT2D eigenvalue weighted by molar-refractivity contribution is 0.102. The van der Waals surface area contributed by atoms with Gasteiger partial charge in [0.05, 0.1) is 12.3 Å². The topological polar surface area (TPSA) is 102 Å². The first-order valence-corrected chi connectivity index (χ1v) is 10.2. The zero-order valence-corrected chi connectivity index (χ0v) is 17.1. The van der Waals surface area contributed by atoms with Gasteiger partial charge in [0.1, 0.15) is 18.1 Å². The molecule has 2 aromatic carbocycles. The molecule has 0 aliphatic heterocycles. The maximum Gasteiger partial charge on any atom is 0.255 e. The monoisotopic (exact) mass is 409 g/mol. The van der Waals surface area contributed by atoms with Gasteiger partial charge in [0.2, 0.25) is 0 Å². The van der Waals surface area contributed by atoms with Gasteiger partial charge in [-0.05, 0) is 53.2 Å². The first-order chi connectivity index (χ1) is 14.8. The van der Waals surface area contributed by atoms with Crippen LogP contribution in [0.2, 0.25) is 0 Å². The summed E-state index contributed by atoms with van der Waals surface area (Å²) in [4.78, 5) is 12.6. The molecule has 8 heteroatoms. The third-order valence-electron chi connectivity index (χ3n) is 4.52. The zero-order valence-electron chi connectivity index (χ0n) is 17.1. The number of hydrogen-bond acceptors (Lipinski definition) is 6. The van der Waals surface area contributed by atoms with E-state index in [1.54, 1.807) is 24.3 Å². The lowest BCUT2D eigenvalue weighted by Crippen LogP contribution is -2.13. The highest BCUT2D eigenvalue weighted by Crippen LogP contribution is 2.25. The largest absolute Gasteiger partial charge is 0.494 e. The second-order valence-corrected chi connectivity index (χ2v) is 6.87. The molecule has 0 atom stereocenters. The van der Waals surface area contributed by atoms with Crippen molar-refractivity contribution < 1.29 is 14.3 Å². The van der Waals surface area contributed by atoms with Crippen LogP contribution in [0.1, 0.15) is 55.2 Å². The van der Waals surface area contributed by atoms with Gasteiger partial charge in [0, 0.05) is 5.56 Å². The first kappa shape index (κ1) is 21.3. The molecule has 0 saturated heterocycles. The van der Waals surface area contributed by atoms with E-state index in [1.807, 2.05) is 24.3 Å². The van der Waals surface area contributed by atoms with Gasteiger partial charge < -0.3 is 14.8 Å². The molecule has 0 spiro atoms. The number of amides is 1. The number of carbonyl (C=O) groups excluding carboxylic acids is 1. The molecule has 0 unspecified atom stereocenters. The van der Waals surface area contributed by atoms with Crippen LogP contribution in [0.5, 0.6) is 11.5 Å². The summed E-state index contributed by atoms with van der Waals surface area (Å²) in [7, 11) is 0. The van der Waals surface area contributed by atoms with Crippen LogP contribution in [0.3, 0.4) is 0 Å². The number of aromatic amines is 1. The Kier molecular flexibility index (Phi) is 8.20. The highest BCUT2D eigenvalue weighted by atomic mass is 16.5. The van der Waals surface area contributed by atoms with Gasteiger partial charge in [-0.15, -0.1) is 5.10 Å². The molecule has 0 aliphatic carbocycles. The van der Waals surface area contributed by atoms with Gasteiger partial charge in [-0.3, -0.25) is 4.79 Å². The lowest BCUT2D eigenvalue weighted by atomic mass is 10.1. The third kappa shape index (κ3) is 6.58. The van der Waals surface area contributed by atoms with Crippen molar-refractivity contribution in [2.24, 2.45) is 0 Å². The van der Waals surface area contributed by atoms with Crippen molar-refractivity contribution in [2.45, 2.75) is 45.6 Å². The second kappa shape index (κ2) is 11.5. The van der Waals surface area contributed by atoms with E-state index in [-0.39, 0.29) is 12.5 Å². The first-order valence-electron chi connectivity index (χ1n) is 10.2. The van der Waals surface area contributed by atoms with Crippen LogP contribution in [0.15, 0.2) is 48.5 Å². The number of rotatable bonds is 12. The number of tetrazole rings is 1. The molecule has 0 aliphatic rings. The summed E-state index contributed by atoms with van der Waals surface area (Å²) in [5.74, 6) is 1.58. The highest BCUT2D eigenvalue weighted by Gasteiger charge is 2.11. The van der Waals surface area contributed by atoms with Crippen molar-refractivity contribution in [3.63, 3.8) is 0 Å². The van der Waals surface area contributed by atoms with Gasteiger partial charge >= 0.3 is 0 Å². The third-order valence-corrected chi connectivity index (χ3v) is 4.52. The van der Waals surface area contributed by atoms with Crippen LogP contribution in [-0.4, -0.2) is 33.1 Å². The molecular weight excluding hydrogens is 382 g/mol. The van der Waals surface area contributed by atoms with Crippen molar-refractivity contribution in [3.8, 4) is 11.5 Å². The minimum absolute atomic E-state index is 0.171. The Hall–Kier alpha value is -3.42. The SMILES string of the molecule is CCCCCCCOc1ccc(C(=O)Nc2ccccc2OCc2nnn[nH]2)cc1. The summed E-state index contributed by atoms with van der Waals surface area (Å²) in [6.07, 6.45) is 5.99. The van der Waals surface area contributed by atoms with E-state index in [9.17, 15) is 4.79 Å². The molecule has 0 fully saturated rings. The van der Waals surface area contributed by atoms with Gasteiger partial charge in [0.25, 0.3) is 5.91 Å². The number of para-hydroxylation sites is 2. The van der Waals surface area contributed by atoms with Crippen LogP contribution < -0.4 is 14.8 Å². The average Bonchev–Trinajstić information content (AvgIpc) is 3.30. The van der Waals surface area contributed by atoms with Gasteiger partial charge in [0.15, 0.2) is 5.82 Å². The Bertz CT molecular complexity index is 897. The molecule has 1 aromatic heterocycles. The predicted molar refractivity (Wildman–Crippen MR) is 114 cm³/mol.